The highest BCUT2D eigenvalue weighted by molar-refractivity contribution is 9.10. The zero-order valence-corrected chi connectivity index (χ0v) is 10.4. The fourth-order valence-corrected chi connectivity index (χ4v) is 2.87. The Kier molecular flexibility index (Phi) is 1.84. The van der Waals surface area contributed by atoms with Crippen LogP contribution in [0.25, 0.3) is 0 Å². The third kappa shape index (κ3) is 1.08. The maximum absolute atomic E-state index is 12.2. The number of halogens is 1. The lowest BCUT2D eigenvalue weighted by molar-refractivity contribution is -0.116. The van der Waals surface area contributed by atoms with Gasteiger partial charge in [0, 0.05) is 17.0 Å². The monoisotopic (exact) mass is 279 g/mol. The van der Waals surface area contributed by atoms with Crippen LogP contribution in [0.5, 0.6) is 0 Å². The molecule has 1 spiro atoms. The number of hydrogen-bond donors (Lipinski definition) is 0. The smallest absolute Gasteiger partial charge is 0.224 e. The molecule has 0 radical (unpaired) electrons. The summed E-state index contributed by atoms with van der Waals surface area (Å²) in [6.45, 7) is 1.52. The van der Waals surface area contributed by atoms with Gasteiger partial charge in [0.15, 0.2) is 5.78 Å². The molecule has 1 aromatic carbocycles. The summed E-state index contributed by atoms with van der Waals surface area (Å²) in [6, 6.07) is 5.51. The minimum Gasteiger partial charge on any atom is -0.298 e. The van der Waals surface area contributed by atoms with Gasteiger partial charge in [-0.2, -0.15) is 0 Å². The highest BCUT2D eigenvalue weighted by Gasteiger charge is 2.61. The van der Waals surface area contributed by atoms with Crippen LogP contribution in [0.2, 0.25) is 0 Å². The Hall–Kier alpha value is -1.16. The molecule has 0 bridgehead atoms. The van der Waals surface area contributed by atoms with E-state index in [9.17, 15) is 9.59 Å². The number of ketones is 1. The van der Waals surface area contributed by atoms with Gasteiger partial charge in [0.1, 0.15) is 5.54 Å². The molecule has 3 rings (SSSR count). The Labute approximate surface area is 102 Å². The Balaban J connectivity index is 2.23. The van der Waals surface area contributed by atoms with E-state index in [1.165, 1.54) is 6.92 Å². The zero-order valence-electron chi connectivity index (χ0n) is 8.79. The van der Waals surface area contributed by atoms with Crippen molar-refractivity contribution in [2.24, 2.45) is 0 Å². The van der Waals surface area contributed by atoms with E-state index in [-0.39, 0.29) is 11.7 Å². The Morgan fingerprint density at radius 1 is 1.44 bits per heavy atom. The third-order valence-corrected chi connectivity index (χ3v) is 3.83. The van der Waals surface area contributed by atoms with Gasteiger partial charge in [0.05, 0.1) is 5.69 Å². The average Bonchev–Trinajstić information content (AvgIpc) is 2.95. The second-order valence-corrected chi connectivity index (χ2v) is 5.29. The molecule has 1 aromatic rings. The molecule has 1 heterocycles. The number of nitrogens with zero attached hydrogens (tertiary/aromatic N) is 1. The summed E-state index contributed by atoms with van der Waals surface area (Å²) in [5.74, 6) is 0.0472. The number of benzene rings is 1. The highest BCUT2D eigenvalue weighted by Crippen LogP contribution is 2.53. The molecule has 4 heteroatoms. The van der Waals surface area contributed by atoms with E-state index in [4.69, 9.17) is 0 Å². The number of carbonyl (C=O) groups is 2. The van der Waals surface area contributed by atoms with Gasteiger partial charge in [-0.05, 0) is 31.0 Å². The molecule has 1 fully saturated rings. The first-order chi connectivity index (χ1) is 7.56. The molecule has 1 saturated carbocycles. The fourth-order valence-electron chi connectivity index (χ4n) is 2.51. The van der Waals surface area contributed by atoms with Crippen molar-refractivity contribution in [1.29, 1.82) is 0 Å². The number of Topliss-reactive ketones (excluding diaryl/α,β-unsaturated/α-hetero) is 1. The summed E-state index contributed by atoms with van der Waals surface area (Å²) < 4.78 is 0.876. The molecule has 0 N–H and O–H groups in total. The molecule has 2 aliphatic rings. The molecule has 1 aliphatic heterocycles. The maximum atomic E-state index is 12.2. The molecule has 1 aliphatic carbocycles. The van der Waals surface area contributed by atoms with Crippen molar-refractivity contribution in [1.82, 2.24) is 0 Å². The number of anilines is 1. The first kappa shape index (κ1) is 10.0. The highest BCUT2D eigenvalue weighted by atomic mass is 79.9. The second kappa shape index (κ2) is 2.94. The van der Waals surface area contributed by atoms with Crippen LogP contribution in [0.1, 0.15) is 30.1 Å². The van der Waals surface area contributed by atoms with Crippen LogP contribution in [0, 0.1) is 0 Å². The quantitative estimate of drug-likeness (QED) is 0.732. The average molecular weight is 280 g/mol. The van der Waals surface area contributed by atoms with E-state index < -0.39 is 5.54 Å². The van der Waals surface area contributed by atoms with E-state index in [0.717, 1.165) is 23.0 Å². The summed E-state index contributed by atoms with van der Waals surface area (Å²) in [6.07, 6.45) is 1.58. The molecule has 0 aromatic heterocycles. The molecule has 1 amide bonds. The number of amides is 1. The molecule has 3 nitrogen and oxygen atoms in total. The number of fused-ring (bicyclic) bond motifs is 1. The van der Waals surface area contributed by atoms with Gasteiger partial charge >= 0.3 is 0 Å². The van der Waals surface area contributed by atoms with E-state index in [1.54, 1.807) is 11.0 Å². The van der Waals surface area contributed by atoms with Crippen LogP contribution in [-0.4, -0.2) is 17.2 Å². The molecule has 0 saturated heterocycles. The van der Waals surface area contributed by atoms with Crippen molar-refractivity contribution >= 4 is 33.3 Å². The summed E-state index contributed by atoms with van der Waals surface area (Å²) >= 11 is 3.35. The SMILES string of the molecule is CC(=O)N1c2ccc(Br)cc2C(=O)C12CC2. The van der Waals surface area contributed by atoms with Gasteiger partial charge in [-0.15, -0.1) is 0 Å². The summed E-state index contributed by atoms with van der Waals surface area (Å²) in [7, 11) is 0. The van der Waals surface area contributed by atoms with Crippen molar-refractivity contribution in [3.05, 3.63) is 28.2 Å². The fraction of sp³-hybridized carbons (Fsp3) is 0.333. The van der Waals surface area contributed by atoms with Crippen LogP contribution in [0.4, 0.5) is 5.69 Å². The summed E-state index contributed by atoms with van der Waals surface area (Å²) in [5.41, 5.74) is 0.898. The predicted octanol–water partition coefficient (Wildman–Crippen LogP) is 2.53. The largest absolute Gasteiger partial charge is 0.298 e. The zero-order chi connectivity index (χ0) is 11.5. The van der Waals surface area contributed by atoms with Gasteiger partial charge in [-0.25, -0.2) is 0 Å². The van der Waals surface area contributed by atoms with E-state index in [1.807, 2.05) is 12.1 Å². The lowest BCUT2D eigenvalue weighted by atomic mass is 10.1. The van der Waals surface area contributed by atoms with Crippen molar-refractivity contribution in [3.8, 4) is 0 Å². The van der Waals surface area contributed by atoms with Crippen molar-refractivity contribution in [3.63, 3.8) is 0 Å². The van der Waals surface area contributed by atoms with Crippen molar-refractivity contribution in [2.75, 3.05) is 4.90 Å². The van der Waals surface area contributed by atoms with E-state index in [2.05, 4.69) is 15.9 Å². The standard InChI is InChI=1S/C12H10BrNO2/c1-7(15)14-10-3-2-8(13)6-9(10)11(16)12(14)4-5-12/h2-3,6H,4-5H2,1H3. The first-order valence-corrected chi connectivity index (χ1v) is 6.01. The molecule has 0 atom stereocenters. The van der Waals surface area contributed by atoms with Gasteiger partial charge in [-0.3, -0.25) is 14.5 Å². The summed E-state index contributed by atoms with van der Waals surface area (Å²) in [5, 5.41) is 0. The number of rotatable bonds is 0. The Morgan fingerprint density at radius 3 is 2.69 bits per heavy atom. The van der Waals surface area contributed by atoms with Gasteiger partial charge < -0.3 is 0 Å². The Morgan fingerprint density at radius 2 is 2.12 bits per heavy atom. The van der Waals surface area contributed by atoms with Crippen LogP contribution < -0.4 is 4.90 Å². The first-order valence-electron chi connectivity index (χ1n) is 5.21. The minimum absolute atomic E-state index is 0.0491. The summed E-state index contributed by atoms with van der Waals surface area (Å²) in [4.78, 5) is 25.6. The topological polar surface area (TPSA) is 37.4 Å². The van der Waals surface area contributed by atoms with Crippen LogP contribution in [0.3, 0.4) is 0 Å². The second-order valence-electron chi connectivity index (χ2n) is 4.38. The molecule has 16 heavy (non-hydrogen) atoms. The lowest BCUT2D eigenvalue weighted by Gasteiger charge is -2.21. The van der Waals surface area contributed by atoms with Gasteiger partial charge in [0.2, 0.25) is 5.91 Å². The lowest BCUT2D eigenvalue weighted by Crippen LogP contribution is -2.40. The molecule has 82 valence electrons. The minimum atomic E-state index is -0.533. The normalized spacial score (nSPS) is 20.1. The van der Waals surface area contributed by atoms with Gasteiger partial charge in [0.25, 0.3) is 0 Å². The van der Waals surface area contributed by atoms with E-state index >= 15 is 0 Å². The predicted molar refractivity (Wildman–Crippen MR) is 63.6 cm³/mol. The number of carbonyl (C=O) groups excluding carboxylic acids is 2. The van der Waals surface area contributed by atoms with Crippen molar-refractivity contribution in [2.45, 2.75) is 25.3 Å². The van der Waals surface area contributed by atoms with Gasteiger partial charge in [-0.1, -0.05) is 15.9 Å². The van der Waals surface area contributed by atoms with Crippen LogP contribution in [0.15, 0.2) is 22.7 Å². The molecular formula is C12H10BrNO2. The molecule has 0 unspecified atom stereocenters. The third-order valence-electron chi connectivity index (χ3n) is 3.33. The molecular weight excluding hydrogens is 270 g/mol. The maximum Gasteiger partial charge on any atom is 0.224 e. The van der Waals surface area contributed by atoms with Crippen molar-refractivity contribution < 1.29 is 9.59 Å². The van der Waals surface area contributed by atoms with E-state index in [0.29, 0.717) is 5.56 Å². The number of hydrogen-bond acceptors (Lipinski definition) is 2. The Bertz CT molecular complexity index is 520. The van der Waals surface area contributed by atoms with Crippen LogP contribution >= 0.6 is 15.9 Å². The van der Waals surface area contributed by atoms with Crippen LogP contribution in [-0.2, 0) is 4.79 Å².